The van der Waals surface area contributed by atoms with E-state index in [4.69, 9.17) is 4.74 Å². The highest BCUT2D eigenvalue weighted by molar-refractivity contribution is 7.10. The van der Waals surface area contributed by atoms with Gasteiger partial charge in [-0.3, -0.25) is 4.79 Å². The Morgan fingerprint density at radius 2 is 2.11 bits per heavy atom. The summed E-state index contributed by atoms with van der Waals surface area (Å²) >= 11 is 1.64. The van der Waals surface area contributed by atoms with Crippen molar-refractivity contribution in [1.82, 2.24) is 5.32 Å². The summed E-state index contributed by atoms with van der Waals surface area (Å²) < 4.78 is 5.24. The van der Waals surface area contributed by atoms with Gasteiger partial charge in [0.1, 0.15) is 0 Å². The molecule has 5 heteroatoms. The van der Waals surface area contributed by atoms with Crippen LogP contribution < -0.4 is 5.32 Å². The minimum Gasteiger partial charge on any atom is -0.388 e. The quantitative estimate of drug-likeness (QED) is 0.878. The second-order valence-electron chi connectivity index (χ2n) is 5.58. The number of nitrogens with one attached hydrogen (secondary N) is 1. The smallest absolute Gasteiger partial charge is 0.231 e. The lowest BCUT2D eigenvalue weighted by Gasteiger charge is -2.32. The van der Waals surface area contributed by atoms with Gasteiger partial charge in [0.15, 0.2) is 0 Å². The first-order valence-electron chi connectivity index (χ1n) is 6.77. The molecule has 0 atom stereocenters. The van der Waals surface area contributed by atoms with Crippen LogP contribution in [0.15, 0.2) is 17.5 Å². The molecule has 1 aromatic rings. The summed E-state index contributed by atoms with van der Waals surface area (Å²) in [7, 11) is 0. The van der Waals surface area contributed by atoms with E-state index >= 15 is 0 Å². The number of amides is 1. The van der Waals surface area contributed by atoms with Crippen molar-refractivity contribution in [2.45, 2.75) is 36.7 Å². The van der Waals surface area contributed by atoms with E-state index in [1.165, 1.54) is 0 Å². The normalized spacial score (nSPS) is 23.8. The van der Waals surface area contributed by atoms with Crippen molar-refractivity contribution >= 4 is 17.2 Å². The predicted molar refractivity (Wildman–Crippen MR) is 73.2 cm³/mol. The van der Waals surface area contributed by atoms with Gasteiger partial charge in [-0.15, -0.1) is 11.3 Å². The number of thiophene rings is 1. The zero-order valence-corrected chi connectivity index (χ0v) is 11.7. The van der Waals surface area contributed by atoms with Crippen molar-refractivity contribution in [3.05, 3.63) is 22.4 Å². The lowest BCUT2D eigenvalue weighted by Crippen LogP contribution is -2.48. The van der Waals surface area contributed by atoms with Gasteiger partial charge in [0, 0.05) is 37.5 Å². The predicted octanol–water partition coefficient (Wildman–Crippen LogP) is 1.44. The molecule has 0 aromatic carbocycles. The van der Waals surface area contributed by atoms with Crippen LogP contribution in [0.1, 0.15) is 30.6 Å². The first-order valence-corrected chi connectivity index (χ1v) is 7.65. The number of rotatable bonds is 4. The second-order valence-corrected chi connectivity index (χ2v) is 6.53. The van der Waals surface area contributed by atoms with Gasteiger partial charge < -0.3 is 15.2 Å². The third kappa shape index (κ3) is 2.55. The molecule has 0 unspecified atom stereocenters. The maximum atomic E-state index is 12.4. The van der Waals surface area contributed by atoms with Gasteiger partial charge in [-0.05, 0) is 24.3 Å². The van der Waals surface area contributed by atoms with Crippen LogP contribution in [-0.2, 0) is 14.9 Å². The van der Waals surface area contributed by atoms with E-state index < -0.39 is 5.60 Å². The number of hydrogen-bond acceptors (Lipinski definition) is 4. The zero-order chi connectivity index (χ0) is 13.3. The van der Waals surface area contributed by atoms with Crippen LogP contribution in [0.2, 0.25) is 0 Å². The highest BCUT2D eigenvalue weighted by atomic mass is 32.1. The van der Waals surface area contributed by atoms with E-state index in [2.05, 4.69) is 5.32 Å². The largest absolute Gasteiger partial charge is 0.388 e. The van der Waals surface area contributed by atoms with E-state index in [9.17, 15) is 9.90 Å². The lowest BCUT2D eigenvalue weighted by atomic mass is 9.94. The minimum absolute atomic E-state index is 0.0647. The van der Waals surface area contributed by atoms with Gasteiger partial charge in [-0.1, -0.05) is 6.07 Å². The lowest BCUT2D eigenvalue weighted by molar-refractivity contribution is -0.126. The van der Waals surface area contributed by atoms with Crippen LogP contribution in [0.3, 0.4) is 0 Å². The number of carbonyl (C=O) groups excluding carboxylic acids is 1. The Balaban J connectivity index is 1.60. The van der Waals surface area contributed by atoms with E-state index in [1.807, 2.05) is 17.5 Å². The summed E-state index contributed by atoms with van der Waals surface area (Å²) in [4.78, 5) is 13.5. The molecule has 1 aliphatic heterocycles. The number of ether oxygens (including phenoxy) is 1. The Labute approximate surface area is 116 Å². The zero-order valence-electron chi connectivity index (χ0n) is 10.9. The fraction of sp³-hybridized carbons (Fsp3) is 0.643. The molecule has 2 N–H and O–H groups in total. The maximum absolute atomic E-state index is 12.4. The first-order chi connectivity index (χ1) is 9.15. The Kier molecular flexibility index (Phi) is 3.37. The third-order valence-corrected chi connectivity index (χ3v) is 5.25. The molecule has 1 amide bonds. The van der Waals surface area contributed by atoms with Crippen molar-refractivity contribution in [1.29, 1.82) is 0 Å². The molecule has 1 aliphatic carbocycles. The monoisotopic (exact) mass is 281 g/mol. The van der Waals surface area contributed by atoms with Crippen LogP contribution in [0.25, 0.3) is 0 Å². The Morgan fingerprint density at radius 1 is 1.37 bits per heavy atom. The Bertz CT molecular complexity index is 447. The highest BCUT2D eigenvalue weighted by Gasteiger charge is 2.52. The molecule has 0 bridgehead atoms. The molecule has 4 nitrogen and oxygen atoms in total. The fourth-order valence-corrected chi connectivity index (χ4v) is 3.59. The summed E-state index contributed by atoms with van der Waals surface area (Å²) in [5, 5.41) is 15.3. The van der Waals surface area contributed by atoms with E-state index in [0.717, 1.165) is 17.7 Å². The van der Waals surface area contributed by atoms with Gasteiger partial charge >= 0.3 is 0 Å². The summed E-state index contributed by atoms with van der Waals surface area (Å²) in [5.74, 6) is 0.0647. The first kappa shape index (κ1) is 13.1. The molecule has 2 heterocycles. The summed E-state index contributed by atoms with van der Waals surface area (Å²) in [6.45, 7) is 1.48. The van der Waals surface area contributed by atoms with E-state index in [0.29, 0.717) is 32.6 Å². The van der Waals surface area contributed by atoms with Crippen LogP contribution in [0.5, 0.6) is 0 Å². The van der Waals surface area contributed by atoms with Crippen LogP contribution >= 0.6 is 11.3 Å². The van der Waals surface area contributed by atoms with Crippen molar-refractivity contribution in [2.75, 3.05) is 19.8 Å². The maximum Gasteiger partial charge on any atom is 0.231 e. The molecule has 104 valence electrons. The average Bonchev–Trinajstić information content (AvgIpc) is 3.04. The molecule has 0 spiro atoms. The van der Waals surface area contributed by atoms with Crippen molar-refractivity contribution < 1.29 is 14.6 Å². The van der Waals surface area contributed by atoms with E-state index in [1.54, 1.807) is 11.3 Å². The number of carbonyl (C=O) groups is 1. The average molecular weight is 281 g/mol. The van der Waals surface area contributed by atoms with Crippen LogP contribution in [-0.4, -0.2) is 36.4 Å². The van der Waals surface area contributed by atoms with Crippen molar-refractivity contribution in [2.24, 2.45) is 0 Å². The Hall–Kier alpha value is -0.910. The fourth-order valence-electron chi connectivity index (χ4n) is 2.60. The van der Waals surface area contributed by atoms with Gasteiger partial charge in [0.25, 0.3) is 0 Å². The molecule has 3 rings (SSSR count). The topological polar surface area (TPSA) is 58.6 Å². The van der Waals surface area contributed by atoms with Crippen molar-refractivity contribution in [3.63, 3.8) is 0 Å². The number of aliphatic hydroxyl groups is 1. The molecule has 0 radical (unpaired) electrons. The van der Waals surface area contributed by atoms with Crippen LogP contribution in [0.4, 0.5) is 0 Å². The summed E-state index contributed by atoms with van der Waals surface area (Å²) in [6, 6.07) is 4.01. The molecule has 2 fully saturated rings. The molecular formula is C14H19NO3S. The van der Waals surface area contributed by atoms with Gasteiger partial charge in [0.2, 0.25) is 5.91 Å². The molecular weight excluding hydrogens is 262 g/mol. The van der Waals surface area contributed by atoms with E-state index in [-0.39, 0.29) is 11.3 Å². The summed E-state index contributed by atoms with van der Waals surface area (Å²) in [5.41, 5.74) is -1.10. The highest BCUT2D eigenvalue weighted by Crippen LogP contribution is 2.50. The Morgan fingerprint density at radius 3 is 2.68 bits per heavy atom. The third-order valence-electron chi connectivity index (χ3n) is 4.18. The SMILES string of the molecule is O=C(NCC1(O)CCOCC1)C1(c2cccs2)CC1. The molecule has 1 saturated carbocycles. The molecule has 1 aromatic heterocycles. The van der Waals surface area contributed by atoms with Crippen molar-refractivity contribution in [3.8, 4) is 0 Å². The van der Waals surface area contributed by atoms with Gasteiger partial charge in [0.05, 0.1) is 11.0 Å². The van der Waals surface area contributed by atoms with Crippen LogP contribution in [0, 0.1) is 0 Å². The van der Waals surface area contributed by atoms with Gasteiger partial charge in [-0.2, -0.15) is 0 Å². The summed E-state index contributed by atoms with van der Waals surface area (Å²) in [6.07, 6.45) is 3.03. The molecule has 19 heavy (non-hydrogen) atoms. The second kappa shape index (κ2) is 4.89. The minimum atomic E-state index is -0.792. The van der Waals surface area contributed by atoms with Gasteiger partial charge in [-0.25, -0.2) is 0 Å². The number of hydrogen-bond donors (Lipinski definition) is 2. The molecule has 2 aliphatic rings. The molecule has 1 saturated heterocycles. The standard InChI is InChI=1S/C14H19NO3S/c16-12(14(3-4-14)11-2-1-9-19-11)15-10-13(17)5-7-18-8-6-13/h1-2,9,17H,3-8,10H2,(H,15,16).